The van der Waals surface area contributed by atoms with Crippen molar-refractivity contribution in [1.29, 1.82) is 0 Å². The average Bonchev–Trinajstić information content (AvgIpc) is 3.35. The Morgan fingerprint density at radius 1 is 0.737 bits per heavy atom. The summed E-state index contributed by atoms with van der Waals surface area (Å²) in [7, 11) is -0.160. The van der Waals surface area contributed by atoms with Crippen molar-refractivity contribution in [3.05, 3.63) is 60.7 Å². The summed E-state index contributed by atoms with van der Waals surface area (Å²) in [5.74, 6) is 1.01. The maximum atomic E-state index is 2.35. The van der Waals surface area contributed by atoms with E-state index in [9.17, 15) is 0 Å². The minimum Gasteiger partial charge on any atom is -0.0622 e. The Labute approximate surface area is 116 Å². The minimum absolute atomic E-state index is 0.160. The van der Waals surface area contributed by atoms with Crippen LogP contribution in [0.5, 0.6) is 0 Å². The van der Waals surface area contributed by atoms with E-state index in [1.165, 1.54) is 25.7 Å². The first-order valence-corrected chi connectivity index (χ1v) is 8.65. The number of benzene rings is 2. The second-order valence-corrected chi connectivity index (χ2v) is 8.48. The number of hydrogen-bond donors (Lipinski definition) is 0. The summed E-state index contributed by atoms with van der Waals surface area (Å²) in [5, 5.41) is 3.80. The van der Waals surface area contributed by atoms with Gasteiger partial charge in [0.2, 0.25) is 0 Å². The van der Waals surface area contributed by atoms with Crippen molar-refractivity contribution in [2.45, 2.75) is 30.8 Å². The molecular formula is C18H19P. The molecule has 2 saturated carbocycles. The molecule has 0 amide bonds. The van der Waals surface area contributed by atoms with Crippen LogP contribution in [0.4, 0.5) is 0 Å². The molecule has 2 aromatic rings. The van der Waals surface area contributed by atoms with E-state index in [1.807, 2.05) is 0 Å². The Bertz CT molecular complexity index is 513. The zero-order valence-corrected chi connectivity index (χ0v) is 12.0. The maximum absolute atomic E-state index is 2.35. The van der Waals surface area contributed by atoms with Crippen LogP contribution < -0.4 is 10.6 Å². The van der Waals surface area contributed by atoms with Gasteiger partial charge < -0.3 is 0 Å². The summed E-state index contributed by atoms with van der Waals surface area (Å²) in [4.78, 5) is 0. The maximum Gasteiger partial charge on any atom is 0.00145 e. The lowest BCUT2D eigenvalue weighted by Crippen LogP contribution is -2.24. The van der Waals surface area contributed by atoms with Crippen molar-refractivity contribution in [1.82, 2.24) is 0 Å². The first kappa shape index (κ1) is 11.7. The molecule has 0 N–H and O–H groups in total. The third kappa shape index (κ3) is 2.03. The molecule has 2 fully saturated rings. The molecule has 96 valence electrons. The van der Waals surface area contributed by atoms with E-state index in [2.05, 4.69) is 60.7 Å². The highest BCUT2D eigenvalue weighted by Crippen LogP contribution is 2.71. The van der Waals surface area contributed by atoms with Gasteiger partial charge in [0.25, 0.3) is 0 Å². The fourth-order valence-corrected chi connectivity index (χ4v) is 6.83. The van der Waals surface area contributed by atoms with E-state index in [4.69, 9.17) is 0 Å². The topological polar surface area (TPSA) is 0 Å². The molecule has 0 atom stereocenters. The molecule has 19 heavy (non-hydrogen) atoms. The predicted octanol–water partition coefficient (Wildman–Crippen LogP) is 4.06. The Balaban J connectivity index is 1.80. The molecule has 0 aliphatic heterocycles. The van der Waals surface area contributed by atoms with Crippen LogP contribution in [0.2, 0.25) is 0 Å². The molecule has 0 bridgehead atoms. The molecule has 2 aromatic carbocycles. The highest BCUT2D eigenvalue weighted by atomic mass is 31.1. The van der Waals surface area contributed by atoms with Crippen LogP contribution in [0.25, 0.3) is 0 Å². The zero-order valence-electron chi connectivity index (χ0n) is 11.1. The zero-order chi connectivity index (χ0) is 12.7. The molecule has 0 radical (unpaired) electrons. The molecular weight excluding hydrogens is 247 g/mol. The fourth-order valence-electron chi connectivity index (χ4n) is 3.38. The molecule has 2 aliphatic carbocycles. The van der Waals surface area contributed by atoms with Crippen LogP contribution in [0.1, 0.15) is 25.7 Å². The van der Waals surface area contributed by atoms with Crippen LogP contribution in [0, 0.1) is 5.92 Å². The van der Waals surface area contributed by atoms with E-state index in [0.29, 0.717) is 5.16 Å². The summed E-state index contributed by atoms with van der Waals surface area (Å²) in [5.41, 5.74) is 0. The Morgan fingerprint density at radius 2 is 1.21 bits per heavy atom. The van der Waals surface area contributed by atoms with Gasteiger partial charge in [0, 0.05) is 5.16 Å². The summed E-state index contributed by atoms with van der Waals surface area (Å²) in [6.45, 7) is 0. The van der Waals surface area contributed by atoms with E-state index in [0.717, 1.165) is 5.92 Å². The van der Waals surface area contributed by atoms with Crippen LogP contribution in [0.3, 0.4) is 0 Å². The largest absolute Gasteiger partial charge is 0.0622 e. The van der Waals surface area contributed by atoms with Crippen LogP contribution in [-0.2, 0) is 0 Å². The molecule has 0 heterocycles. The van der Waals surface area contributed by atoms with Crippen LogP contribution >= 0.6 is 7.92 Å². The molecule has 0 saturated heterocycles. The van der Waals surface area contributed by atoms with Crippen LogP contribution in [-0.4, -0.2) is 5.16 Å². The Hall–Kier alpha value is -1.13. The van der Waals surface area contributed by atoms with Gasteiger partial charge in [-0.1, -0.05) is 60.7 Å². The lowest BCUT2D eigenvalue weighted by Gasteiger charge is -2.28. The fraction of sp³-hybridized carbons (Fsp3) is 0.333. The quantitative estimate of drug-likeness (QED) is 0.732. The van der Waals surface area contributed by atoms with E-state index < -0.39 is 0 Å². The van der Waals surface area contributed by atoms with E-state index in [1.54, 1.807) is 10.6 Å². The summed E-state index contributed by atoms with van der Waals surface area (Å²) < 4.78 is 0. The molecule has 0 nitrogen and oxygen atoms in total. The standard InChI is InChI=1S/C18H19P/c1-3-7-16(8-4-1)19(17-9-5-2-6-10-17)18(13-14-18)15-11-12-15/h1-10,15H,11-14H2. The van der Waals surface area contributed by atoms with Gasteiger partial charge in [0.05, 0.1) is 0 Å². The second-order valence-electron chi connectivity index (χ2n) is 5.88. The van der Waals surface area contributed by atoms with Gasteiger partial charge in [-0.25, -0.2) is 0 Å². The first-order chi connectivity index (χ1) is 9.40. The number of rotatable bonds is 4. The number of hydrogen-bond acceptors (Lipinski definition) is 0. The first-order valence-electron chi connectivity index (χ1n) is 7.30. The summed E-state index contributed by atoms with van der Waals surface area (Å²) in [6, 6.07) is 22.5. The lowest BCUT2D eigenvalue weighted by atomic mass is 10.3. The van der Waals surface area contributed by atoms with Gasteiger partial charge >= 0.3 is 0 Å². The SMILES string of the molecule is c1ccc(P(c2ccccc2)C2(C3CC3)CC2)cc1. The molecule has 0 spiro atoms. The highest BCUT2D eigenvalue weighted by Gasteiger charge is 2.58. The van der Waals surface area contributed by atoms with Crippen molar-refractivity contribution in [2.75, 3.05) is 0 Å². The van der Waals surface area contributed by atoms with Crippen molar-refractivity contribution in [3.8, 4) is 0 Å². The minimum atomic E-state index is -0.160. The molecule has 1 heteroatoms. The summed E-state index contributed by atoms with van der Waals surface area (Å²) in [6.07, 6.45) is 5.84. The predicted molar refractivity (Wildman–Crippen MR) is 83.8 cm³/mol. The van der Waals surface area contributed by atoms with Gasteiger partial charge in [-0.05, 0) is 50.1 Å². The van der Waals surface area contributed by atoms with Gasteiger partial charge in [-0.3, -0.25) is 0 Å². The van der Waals surface area contributed by atoms with Crippen LogP contribution in [0.15, 0.2) is 60.7 Å². The Kier molecular flexibility index (Phi) is 2.74. The van der Waals surface area contributed by atoms with E-state index in [-0.39, 0.29) is 7.92 Å². The Morgan fingerprint density at radius 3 is 1.58 bits per heavy atom. The van der Waals surface area contributed by atoms with Crippen molar-refractivity contribution >= 4 is 18.5 Å². The normalized spacial score (nSPS) is 20.5. The average molecular weight is 266 g/mol. The molecule has 0 aromatic heterocycles. The van der Waals surface area contributed by atoms with E-state index >= 15 is 0 Å². The lowest BCUT2D eigenvalue weighted by molar-refractivity contribution is 0.760. The van der Waals surface area contributed by atoms with Crippen molar-refractivity contribution in [2.24, 2.45) is 5.92 Å². The van der Waals surface area contributed by atoms with Crippen molar-refractivity contribution < 1.29 is 0 Å². The molecule has 0 unspecified atom stereocenters. The third-order valence-electron chi connectivity index (χ3n) is 4.57. The smallest absolute Gasteiger partial charge is 0.00145 e. The molecule has 4 rings (SSSR count). The third-order valence-corrected chi connectivity index (χ3v) is 7.91. The van der Waals surface area contributed by atoms with Gasteiger partial charge in [-0.15, -0.1) is 0 Å². The van der Waals surface area contributed by atoms with Gasteiger partial charge in [0.1, 0.15) is 0 Å². The van der Waals surface area contributed by atoms with Gasteiger partial charge in [-0.2, -0.15) is 0 Å². The van der Waals surface area contributed by atoms with Gasteiger partial charge in [0.15, 0.2) is 0 Å². The van der Waals surface area contributed by atoms with Crippen molar-refractivity contribution in [3.63, 3.8) is 0 Å². The summed E-state index contributed by atoms with van der Waals surface area (Å²) >= 11 is 0. The molecule has 2 aliphatic rings. The second kappa shape index (κ2) is 4.46. The monoisotopic (exact) mass is 266 g/mol. The highest BCUT2D eigenvalue weighted by molar-refractivity contribution is 7.74.